The van der Waals surface area contributed by atoms with Gasteiger partial charge in [0.15, 0.2) is 0 Å². The molecule has 0 saturated heterocycles. The number of alkyl halides is 3. The Kier molecular flexibility index (Phi) is 4.43. The molecule has 1 aromatic heterocycles. The van der Waals surface area contributed by atoms with Gasteiger partial charge >= 0.3 is 18.1 Å². The molecule has 116 valence electrons. The Labute approximate surface area is 131 Å². The second-order valence-electron chi connectivity index (χ2n) is 4.12. The van der Waals surface area contributed by atoms with Gasteiger partial charge in [0, 0.05) is 9.90 Å². The van der Waals surface area contributed by atoms with Crippen molar-refractivity contribution in [2.24, 2.45) is 0 Å². The lowest BCUT2D eigenvalue weighted by atomic mass is 10.2. The number of anilines is 1. The quantitative estimate of drug-likeness (QED) is 0.869. The van der Waals surface area contributed by atoms with Gasteiger partial charge in [-0.15, -0.1) is 11.3 Å². The van der Waals surface area contributed by atoms with Crippen LogP contribution in [0.1, 0.15) is 9.67 Å². The van der Waals surface area contributed by atoms with Crippen molar-refractivity contribution in [2.75, 3.05) is 5.32 Å². The van der Waals surface area contributed by atoms with Crippen molar-refractivity contribution in [1.82, 2.24) is 0 Å². The fourth-order valence-electron chi connectivity index (χ4n) is 1.62. The first-order valence-electron chi connectivity index (χ1n) is 5.69. The summed E-state index contributed by atoms with van der Waals surface area (Å²) in [4.78, 5) is 22.1. The van der Waals surface area contributed by atoms with E-state index in [1.807, 2.05) is 0 Å². The highest BCUT2D eigenvalue weighted by Crippen LogP contribution is 2.36. The number of nitrogens with one attached hydrogen (secondary N) is 1. The summed E-state index contributed by atoms with van der Waals surface area (Å²) in [5, 5.41) is 11.0. The molecule has 0 unspecified atom stereocenters. The Morgan fingerprint density at radius 1 is 1.23 bits per heavy atom. The van der Waals surface area contributed by atoms with Crippen LogP contribution < -0.4 is 5.32 Å². The fourth-order valence-corrected chi connectivity index (χ4v) is 2.76. The normalized spacial score (nSPS) is 11.3. The maximum absolute atomic E-state index is 12.3. The van der Waals surface area contributed by atoms with Crippen LogP contribution in [-0.2, 0) is 4.79 Å². The molecule has 2 N–H and O–H groups in total. The summed E-state index contributed by atoms with van der Waals surface area (Å²) in [6, 6.07) is 7.55. The van der Waals surface area contributed by atoms with Crippen molar-refractivity contribution >= 4 is 40.5 Å². The van der Waals surface area contributed by atoms with E-state index in [9.17, 15) is 22.8 Å². The number of carboxylic acid groups (broad SMARTS) is 1. The van der Waals surface area contributed by atoms with E-state index < -0.39 is 28.6 Å². The van der Waals surface area contributed by atoms with Crippen LogP contribution >= 0.6 is 22.9 Å². The minimum absolute atomic E-state index is 0.373. The second kappa shape index (κ2) is 5.98. The molecule has 2 rings (SSSR count). The molecule has 1 amide bonds. The molecule has 9 heteroatoms. The largest absolute Gasteiger partial charge is 0.477 e. The number of rotatable bonds is 3. The Morgan fingerprint density at radius 3 is 2.45 bits per heavy atom. The Bertz CT molecular complexity index is 742. The summed E-state index contributed by atoms with van der Waals surface area (Å²) in [5.41, 5.74) is 0.127. The van der Waals surface area contributed by atoms with E-state index in [2.05, 4.69) is 0 Å². The Morgan fingerprint density at radius 2 is 1.91 bits per heavy atom. The molecule has 1 heterocycles. The van der Waals surface area contributed by atoms with Crippen molar-refractivity contribution in [3.8, 4) is 10.4 Å². The number of carboxylic acids is 1. The molecule has 0 aliphatic heterocycles. The number of thiophene rings is 1. The molecular weight excluding hydrogens is 343 g/mol. The first kappa shape index (κ1) is 16.3. The molecule has 0 saturated carbocycles. The van der Waals surface area contributed by atoms with E-state index in [4.69, 9.17) is 16.7 Å². The molecule has 4 nitrogen and oxygen atoms in total. The van der Waals surface area contributed by atoms with Gasteiger partial charge in [0.25, 0.3) is 0 Å². The van der Waals surface area contributed by atoms with E-state index in [1.54, 1.807) is 23.5 Å². The van der Waals surface area contributed by atoms with Crippen LogP contribution in [-0.4, -0.2) is 23.2 Å². The molecule has 0 bridgehead atoms. The molecule has 1 aromatic carbocycles. The predicted molar refractivity (Wildman–Crippen MR) is 76.4 cm³/mol. The van der Waals surface area contributed by atoms with Gasteiger partial charge in [0.1, 0.15) is 4.88 Å². The highest BCUT2D eigenvalue weighted by molar-refractivity contribution is 7.18. The number of halogens is 4. The summed E-state index contributed by atoms with van der Waals surface area (Å²) in [5.74, 6) is -3.67. The van der Waals surface area contributed by atoms with Gasteiger partial charge in [0.05, 0.1) is 5.69 Å². The minimum atomic E-state index is -5.10. The molecule has 0 atom stereocenters. The summed E-state index contributed by atoms with van der Waals surface area (Å²) in [6.07, 6.45) is -5.10. The lowest BCUT2D eigenvalue weighted by Gasteiger charge is -2.06. The van der Waals surface area contributed by atoms with Crippen molar-refractivity contribution < 1.29 is 27.9 Å². The number of hydrogen-bond acceptors (Lipinski definition) is 3. The number of hydrogen-bond donors (Lipinski definition) is 2. The topological polar surface area (TPSA) is 66.4 Å². The van der Waals surface area contributed by atoms with Gasteiger partial charge in [-0.3, -0.25) is 4.79 Å². The van der Waals surface area contributed by atoms with Crippen LogP contribution in [0.2, 0.25) is 5.02 Å². The van der Waals surface area contributed by atoms with Crippen molar-refractivity contribution in [3.63, 3.8) is 0 Å². The van der Waals surface area contributed by atoms with Crippen LogP contribution in [0.4, 0.5) is 18.9 Å². The zero-order valence-electron chi connectivity index (χ0n) is 10.6. The Hall–Kier alpha value is -2.06. The highest BCUT2D eigenvalue weighted by Gasteiger charge is 2.39. The molecule has 0 spiro atoms. The number of carbonyl (C=O) groups excluding carboxylic acids is 1. The van der Waals surface area contributed by atoms with Crippen LogP contribution in [0.25, 0.3) is 10.4 Å². The van der Waals surface area contributed by atoms with Gasteiger partial charge in [-0.1, -0.05) is 23.7 Å². The third-order valence-corrected chi connectivity index (χ3v) is 3.95. The van der Waals surface area contributed by atoms with Crippen molar-refractivity contribution in [1.29, 1.82) is 0 Å². The number of amides is 1. The fraction of sp³-hybridized carbons (Fsp3) is 0.0769. The van der Waals surface area contributed by atoms with Crippen LogP contribution in [0.5, 0.6) is 0 Å². The molecule has 0 fully saturated rings. The van der Waals surface area contributed by atoms with E-state index >= 15 is 0 Å². The SMILES string of the molecule is O=C(O)c1sc(-c2cccc(Cl)c2)cc1NC(=O)C(F)(F)F. The van der Waals surface area contributed by atoms with E-state index in [0.717, 1.165) is 11.3 Å². The molecule has 0 aliphatic carbocycles. The van der Waals surface area contributed by atoms with E-state index in [1.165, 1.54) is 12.1 Å². The maximum atomic E-state index is 12.3. The second-order valence-corrected chi connectivity index (χ2v) is 5.61. The monoisotopic (exact) mass is 349 g/mol. The minimum Gasteiger partial charge on any atom is -0.477 e. The van der Waals surface area contributed by atoms with Gasteiger partial charge in [-0.25, -0.2) is 4.79 Å². The highest BCUT2D eigenvalue weighted by atomic mass is 35.5. The lowest BCUT2D eigenvalue weighted by Crippen LogP contribution is -2.30. The van der Waals surface area contributed by atoms with Gasteiger partial charge in [-0.05, 0) is 23.8 Å². The summed E-state index contributed by atoms with van der Waals surface area (Å²) < 4.78 is 36.8. The predicted octanol–water partition coefficient (Wildman–Crippen LogP) is 4.27. The molecule has 22 heavy (non-hydrogen) atoms. The van der Waals surface area contributed by atoms with Crippen LogP contribution in [0.3, 0.4) is 0 Å². The third kappa shape index (κ3) is 3.58. The lowest BCUT2D eigenvalue weighted by molar-refractivity contribution is -0.167. The standard InChI is InChI=1S/C13H7ClF3NO3S/c14-7-3-1-2-6(4-7)9-5-8(10(22-9)11(19)20)18-12(21)13(15,16)17/h1-5H,(H,18,21)(H,19,20). The van der Waals surface area contributed by atoms with Crippen LogP contribution in [0.15, 0.2) is 30.3 Å². The molecule has 0 aliphatic rings. The summed E-state index contributed by atoms with van der Waals surface area (Å²) in [6.45, 7) is 0. The summed E-state index contributed by atoms with van der Waals surface area (Å²) in [7, 11) is 0. The number of carbonyl (C=O) groups is 2. The van der Waals surface area contributed by atoms with E-state index in [0.29, 0.717) is 15.5 Å². The number of benzene rings is 1. The van der Waals surface area contributed by atoms with Crippen molar-refractivity contribution in [3.05, 3.63) is 40.2 Å². The molecule has 2 aromatic rings. The van der Waals surface area contributed by atoms with Gasteiger partial charge in [-0.2, -0.15) is 13.2 Å². The summed E-state index contributed by atoms with van der Waals surface area (Å²) >= 11 is 6.56. The average Bonchev–Trinajstić information content (AvgIpc) is 2.81. The zero-order valence-corrected chi connectivity index (χ0v) is 12.1. The average molecular weight is 350 g/mol. The van der Waals surface area contributed by atoms with E-state index in [-0.39, 0.29) is 0 Å². The van der Waals surface area contributed by atoms with Crippen LogP contribution in [0, 0.1) is 0 Å². The first-order valence-corrected chi connectivity index (χ1v) is 6.89. The first-order chi connectivity index (χ1) is 10.2. The molecule has 0 radical (unpaired) electrons. The third-order valence-electron chi connectivity index (χ3n) is 2.54. The smallest absolute Gasteiger partial charge is 0.471 e. The molecular formula is C13H7ClF3NO3S. The Balaban J connectivity index is 2.42. The van der Waals surface area contributed by atoms with Gasteiger partial charge in [0.2, 0.25) is 0 Å². The zero-order chi connectivity index (χ0) is 16.5. The van der Waals surface area contributed by atoms with Crippen molar-refractivity contribution in [2.45, 2.75) is 6.18 Å². The van der Waals surface area contributed by atoms with Gasteiger partial charge < -0.3 is 10.4 Å². The number of aromatic carboxylic acids is 1. The maximum Gasteiger partial charge on any atom is 0.471 e.